The first-order valence-corrected chi connectivity index (χ1v) is 15.6. The van der Waals surface area contributed by atoms with Gasteiger partial charge in [0.15, 0.2) is 19.5 Å². The Kier molecular flexibility index (Phi) is 7.84. The third-order valence-electron chi connectivity index (χ3n) is 7.47. The average Bonchev–Trinajstić information content (AvgIpc) is 3.46. The molecular formula is C25H34N8O5Si. The lowest BCUT2D eigenvalue weighted by atomic mass is 10.0. The first-order valence-electron chi connectivity index (χ1n) is 12.7. The highest BCUT2D eigenvalue weighted by atomic mass is 28.4. The number of anilines is 1. The summed E-state index contributed by atoms with van der Waals surface area (Å²) in [6.07, 6.45) is -0.167. The lowest BCUT2D eigenvalue weighted by molar-refractivity contribution is -0.0476. The van der Waals surface area contributed by atoms with Crippen LogP contribution >= 0.6 is 0 Å². The van der Waals surface area contributed by atoms with E-state index in [1.54, 1.807) is 35.8 Å². The molecule has 14 heteroatoms. The number of nitrogens with zero attached hydrogens (tertiary/aromatic N) is 6. The van der Waals surface area contributed by atoms with Crippen LogP contribution < -0.4 is 11.3 Å². The van der Waals surface area contributed by atoms with Gasteiger partial charge >= 0.3 is 5.97 Å². The zero-order valence-electron chi connectivity index (χ0n) is 22.9. The minimum Gasteiger partial charge on any atom is -0.456 e. The molecule has 1 unspecified atom stereocenters. The highest BCUT2D eigenvalue weighted by Gasteiger charge is 2.43. The number of carbonyl (C=O) groups is 1. The fourth-order valence-corrected chi connectivity index (χ4v) is 5.21. The number of nitrogens with two attached hydrogens (primary N) is 1. The molecule has 0 saturated carbocycles. The lowest BCUT2D eigenvalue weighted by Gasteiger charge is -2.37. The third kappa shape index (κ3) is 5.83. The van der Waals surface area contributed by atoms with Gasteiger partial charge in [-0.25, -0.2) is 9.78 Å². The van der Waals surface area contributed by atoms with Crippen molar-refractivity contribution in [3.63, 3.8) is 0 Å². The Morgan fingerprint density at radius 1 is 1.38 bits per heavy atom. The summed E-state index contributed by atoms with van der Waals surface area (Å²) in [4.78, 5) is 39.4. The second-order valence-corrected chi connectivity index (χ2v) is 15.9. The van der Waals surface area contributed by atoms with Gasteiger partial charge in [-0.1, -0.05) is 51.0 Å². The number of aromatic nitrogens is 4. The van der Waals surface area contributed by atoms with E-state index in [4.69, 9.17) is 25.2 Å². The van der Waals surface area contributed by atoms with E-state index in [1.807, 2.05) is 0 Å². The maximum absolute atomic E-state index is 13.4. The number of azide groups is 1. The predicted molar refractivity (Wildman–Crippen MR) is 147 cm³/mol. The number of benzene rings is 1. The summed E-state index contributed by atoms with van der Waals surface area (Å²) in [5.41, 5.74) is 15.4. The van der Waals surface area contributed by atoms with Crippen molar-refractivity contribution in [3.8, 4) is 0 Å². The number of hydrogen-bond acceptors (Lipinski definition) is 9. The second kappa shape index (κ2) is 10.8. The molecule has 0 amide bonds. The average molecular weight is 555 g/mol. The summed E-state index contributed by atoms with van der Waals surface area (Å²) < 4.78 is 20.4. The van der Waals surface area contributed by atoms with Crippen LogP contribution in [-0.4, -0.2) is 52.6 Å². The molecule has 0 bridgehead atoms. The molecule has 39 heavy (non-hydrogen) atoms. The Morgan fingerprint density at radius 3 is 2.79 bits per heavy atom. The molecule has 1 aromatic carbocycles. The molecule has 2 aromatic heterocycles. The number of rotatable bonds is 8. The molecule has 3 N–H and O–H groups in total. The van der Waals surface area contributed by atoms with Crippen LogP contribution in [0.4, 0.5) is 5.95 Å². The standard InChI is InChI=1S/C25H34N8O5Si/c1-14(31-32-27)15-9-7-8-10-16(15)23(35)38-17-11-19(37-18(17)12-36-39(5,6)25(2,3)4)33-13-28-20-21(33)29-24(26)30-22(20)34/h7-10,13-14,17-19H,11-12H2,1-6H3,(H3,26,29,30,34)/t14?,17-,18-,19-/m1/s1. The molecule has 3 heterocycles. The molecule has 1 aliphatic heterocycles. The molecule has 0 aliphatic carbocycles. The molecule has 3 aromatic rings. The minimum absolute atomic E-state index is 0.0312. The number of imidazole rings is 1. The predicted octanol–water partition coefficient (Wildman–Crippen LogP) is 4.61. The van der Waals surface area contributed by atoms with Gasteiger partial charge in [-0.15, -0.1) is 0 Å². The van der Waals surface area contributed by atoms with Crippen molar-refractivity contribution in [1.82, 2.24) is 19.5 Å². The fraction of sp³-hybridized carbons (Fsp3) is 0.520. The van der Waals surface area contributed by atoms with E-state index < -0.39 is 44.3 Å². The maximum Gasteiger partial charge on any atom is 0.338 e. The Hall–Kier alpha value is -3.71. The van der Waals surface area contributed by atoms with E-state index in [9.17, 15) is 9.59 Å². The first-order chi connectivity index (χ1) is 18.3. The second-order valence-electron chi connectivity index (χ2n) is 11.1. The van der Waals surface area contributed by atoms with Crippen molar-refractivity contribution in [1.29, 1.82) is 0 Å². The minimum atomic E-state index is -2.15. The summed E-state index contributed by atoms with van der Waals surface area (Å²) in [5.74, 6) is -0.606. The summed E-state index contributed by atoms with van der Waals surface area (Å²) in [6, 6.07) is 6.30. The van der Waals surface area contributed by atoms with Crippen molar-refractivity contribution in [2.45, 2.75) is 76.7 Å². The number of ether oxygens (including phenoxy) is 2. The molecular weight excluding hydrogens is 520 g/mol. The number of carbonyl (C=O) groups excluding carboxylic acids is 1. The Balaban J connectivity index is 1.64. The van der Waals surface area contributed by atoms with E-state index in [-0.39, 0.29) is 35.2 Å². The molecule has 13 nitrogen and oxygen atoms in total. The van der Waals surface area contributed by atoms with Crippen LogP contribution in [0.2, 0.25) is 18.1 Å². The van der Waals surface area contributed by atoms with Gasteiger partial charge in [0.2, 0.25) is 5.95 Å². The normalized spacial score (nSPS) is 20.5. The van der Waals surface area contributed by atoms with Gasteiger partial charge in [0.1, 0.15) is 18.4 Å². The van der Waals surface area contributed by atoms with Crippen molar-refractivity contribution >= 4 is 31.4 Å². The van der Waals surface area contributed by atoms with Gasteiger partial charge in [0, 0.05) is 11.3 Å². The van der Waals surface area contributed by atoms with Gasteiger partial charge in [-0.2, -0.15) is 4.98 Å². The van der Waals surface area contributed by atoms with Crippen LogP contribution in [0.5, 0.6) is 0 Å². The van der Waals surface area contributed by atoms with Crippen molar-refractivity contribution in [2.24, 2.45) is 5.11 Å². The van der Waals surface area contributed by atoms with Crippen LogP contribution in [0.15, 0.2) is 40.5 Å². The van der Waals surface area contributed by atoms with Gasteiger partial charge in [-0.05, 0) is 35.3 Å². The van der Waals surface area contributed by atoms with Crippen LogP contribution in [0, 0.1) is 0 Å². The maximum atomic E-state index is 13.4. The van der Waals surface area contributed by atoms with E-state index in [1.165, 1.54) is 6.33 Å². The van der Waals surface area contributed by atoms with E-state index in [2.05, 4.69) is 58.8 Å². The topological polar surface area (TPSA) is 183 Å². The zero-order chi connectivity index (χ0) is 28.5. The van der Waals surface area contributed by atoms with Gasteiger partial charge < -0.3 is 19.6 Å². The smallest absolute Gasteiger partial charge is 0.338 e. The van der Waals surface area contributed by atoms with Crippen LogP contribution in [0.1, 0.15) is 62.3 Å². The van der Waals surface area contributed by atoms with E-state index >= 15 is 0 Å². The van der Waals surface area contributed by atoms with Gasteiger partial charge in [-0.3, -0.25) is 14.3 Å². The number of aromatic amines is 1. The molecule has 4 rings (SSSR count). The lowest BCUT2D eigenvalue weighted by Crippen LogP contribution is -2.44. The number of nitrogens with one attached hydrogen (secondary N) is 1. The highest BCUT2D eigenvalue weighted by molar-refractivity contribution is 6.74. The molecule has 1 saturated heterocycles. The summed E-state index contributed by atoms with van der Waals surface area (Å²) in [5, 5.41) is 3.70. The number of nitrogen functional groups attached to an aromatic ring is 1. The van der Waals surface area contributed by atoms with Gasteiger partial charge in [0.25, 0.3) is 5.56 Å². The van der Waals surface area contributed by atoms with Crippen molar-refractivity contribution in [2.75, 3.05) is 12.3 Å². The van der Waals surface area contributed by atoms with Crippen LogP contribution in [-0.2, 0) is 13.9 Å². The molecule has 208 valence electrons. The number of fused-ring (bicyclic) bond motifs is 1. The molecule has 4 atom stereocenters. The molecule has 0 spiro atoms. The third-order valence-corrected chi connectivity index (χ3v) is 12.0. The SMILES string of the molecule is CC(N=[N+]=[N-])c1ccccc1C(=O)O[C@@H]1C[C@H](n2cnc3c(=O)[nH]c(N)nc32)O[C@@H]1CO[Si](C)(C)C(C)(C)C. The van der Waals surface area contributed by atoms with E-state index in [0.29, 0.717) is 11.1 Å². The molecule has 0 radical (unpaired) electrons. The summed E-state index contributed by atoms with van der Waals surface area (Å²) in [7, 11) is -2.15. The van der Waals surface area contributed by atoms with Crippen LogP contribution in [0.25, 0.3) is 21.6 Å². The fourth-order valence-electron chi connectivity index (χ4n) is 4.19. The van der Waals surface area contributed by atoms with Crippen molar-refractivity contribution < 1.29 is 18.7 Å². The Labute approximate surface area is 226 Å². The monoisotopic (exact) mass is 554 g/mol. The summed E-state index contributed by atoms with van der Waals surface area (Å²) >= 11 is 0. The number of esters is 1. The number of hydrogen-bond donors (Lipinski definition) is 2. The zero-order valence-corrected chi connectivity index (χ0v) is 23.9. The molecule has 1 aliphatic rings. The molecule has 1 fully saturated rings. The summed E-state index contributed by atoms with van der Waals surface area (Å²) in [6.45, 7) is 12.6. The largest absolute Gasteiger partial charge is 0.456 e. The van der Waals surface area contributed by atoms with Crippen LogP contribution in [0.3, 0.4) is 0 Å². The van der Waals surface area contributed by atoms with E-state index in [0.717, 1.165) is 0 Å². The first kappa shape index (κ1) is 28.3. The Morgan fingerprint density at radius 2 is 2.10 bits per heavy atom. The quantitative estimate of drug-likeness (QED) is 0.133. The van der Waals surface area contributed by atoms with Crippen molar-refractivity contribution in [3.05, 3.63) is 62.5 Å². The highest BCUT2D eigenvalue weighted by Crippen LogP contribution is 2.39. The number of H-pyrrole nitrogens is 1. The van der Waals surface area contributed by atoms with Gasteiger partial charge in [0.05, 0.1) is 24.5 Å². The Bertz CT molecular complexity index is 1470.